The number of nitrogens with two attached hydrogens (primary N) is 1. The van der Waals surface area contributed by atoms with E-state index in [0.717, 1.165) is 30.4 Å². The van der Waals surface area contributed by atoms with Gasteiger partial charge in [0.1, 0.15) is 6.10 Å². The molecule has 0 unspecified atom stereocenters. The summed E-state index contributed by atoms with van der Waals surface area (Å²) in [6.45, 7) is 3.76. The zero-order valence-corrected chi connectivity index (χ0v) is 17.6. The van der Waals surface area contributed by atoms with E-state index in [9.17, 15) is 9.59 Å². The molecule has 2 aliphatic rings. The van der Waals surface area contributed by atoms with Gasteiger partial charge in [-0.15, -0.1) is 0 Å². The van der Waals surface area contributed by atoms with E-state index in [-0.39, 0.29) is 17.9 Å². The van der Waals surface area contributed by atoms with E-state index in [1.54, 1.807) is 4.90 Å². The van der Waals surface area contributed by atoms with E-state index in [1.165, 1.54) is 11.1 Å². The van der Waals surface area contributed by atoms with Gasteiger partial charge in [0, 0.05) is 19.7 Å². The molecule has 2 atom stereocenters. The van der Waals surface area contributed by atoms with Gasteiger partial charge in [0.25, 0.3) is 5.91 Å². The Kier molecular flexibility index (Phi) is 5.91. The van der Waals surface area contributed by atoms with Gasteiger partial charge in [-0.25, -0.2) is 0 Å². The van der Waals surface area contributed by atoms with Crippen LogP contribution in [0.1, 0.15) is 36.8 Å². The van der Waals surface area contributed by atoms with Crippen molar-refractivity contribution >= 4 is 11.8 Å². The third kappa shape index (κ3) is 4.26. The Morgan fingerprint density at radius 1 is 1.07 bits per heavy atom. The van der Waals surface area contributed by atoms with Crippen molar-refractivity contribution in [3.05, 3.63) is 59.7 Å². The summed E-state index contributed by atoms with van der Waals surface area (Å²) in [5.74, 6) is -0.317. The summed E-state index contributed by atoms with van der Waals surface area (Å²) in [5.41, 5.74) is 9.78. The van der Waals surface area contributed by atoms with E-state index >= 15 is 0 Å². The van der Waals surface area contributed by atoms with Gasteiger partial charge >= 0.3 is 0 Å². The molecule has 2 aromatic carbocycles. The molecule has 4 rings (SSSR count). The molecule has 2 saturated heterocycles. The van der Waals surface area contributed by atoms with Crippen LogP contribution in [0.15, 0.2) is 48.5 Å². The lowest BCUT2D eigenvalue weighted by Crippen LogP contribution is -2.55. The second-order valence-corrected chi connectivity index (χ2v) is 8.75. The topological polar surface area (TPSA) is 72.6 Å². The van der Waals surface area contributed by atoms with Gasteiger partial charge < -0.3 is 15.4 Å². The highest BCUT2D eigenvalue weighted by atomic mass is 16.5. The molecule has 5 heteroatoms. The third-order valence-corrected chi connectivity index (χ3v) is 6.50. The number of carbonyl (C=O) groups is 2. The first-order valence-electron chi connectivity index (χ1n) is 10.8. The Bertz CT molecular complexity index is 901. The fourth-order valence-corrected chi connectivity index (χ4v) is 4.68. The molecule has 0 spiro atoms. The number of benzene rings is 2. The number of hydrogen-bond donors (Lipinski definition) is 1. The maximum absolute atomic E-state index is 12.8. The molecule has 0 radical (unpaired) electrons. The highest BCUT2D eigenvalue weighted by molar-refractivity contribution is 5.85. The SMILES string of the molecule is Cc1ccc(-c2ccc(C[C@@]3(C(N)=O)CCCN(C(=O)[C@@H]4CCCO4)C3)cc2)cc1. The molecule has 2 heterocycles. The van der Waals surface area contributed by atoms with Gasteiger partial charge in [-0.2, -0.15) is 0 Å². The number of aryl methyl sites for hydroxylation is 1. The van der Waals surface area contributed by atoms with Crippen LogP contribution in [0.5, 0.6) is 0 Å². The van der Waals surface area contributed by atoms with Gasteiger partial charge in [0.05, 0.1) is 5.41 Å². The van der Waals surface area contributed by atoms with Crippen LogP contribution in [0.25, 0.3) is 11.1 Å². The fourth-order valence-electron chi connectivity index (χ4n) is 4.68. The average molecular weight is 407 g/mol. The number of likely N-dealkylation sites (tertiary alicyclic amines) is 1. The van der Waals surface area contributed by atoms with Crippen molar-refractivity contribution in [2.75, 3.05) is 19.7 Å². The quantitative estimate of drug-likeness (QED) is 0.826. The molecule has 5 nitrogen and oxygen atoms in total. The fraction of sp³-hybridized carbons (Fsp3) is 0.440. The molecular formula is C25H30N2O3. The normalized spacial score (nSPS) is 24.0. The van der Waals surface area contributed by atoms with Crippen LogP contribution in [-0.4, -0.2) is 42.5 Å². The maximum atomic E-state index is 12.8. The number of hydrogen-bond acceptors (Lipinski definition) is 3. The maximum Gasteiger partial charge on any atom is 0.251 e. The summed E-state index contributed by atoms with van der Waals surface area (Å²) in [6.07, 6.45) is 3.35. The van der Waals surface area contributed by atoms with Crippen LogP contribution in [0.2, 0.25) is 0 Å². The molecule has 0 aliphatic carbocycles. The largest absolute Gasteiger partial charge is 0.369 e. The highest BCUT2D eigenvalue weighted by Crippen LogP contribution is 2.35. The number of nitrogens with zero attached hydrogens (tertiary/aromatic N) is 1. The number of carbonyl (C=O) groups excluding carboxylic acids is 2. The van der Waals surface area contributed by atoms with Crippen molar-refractivity contribution in [1.29, 1.82) is 0 Å². The van der Waals surface area contributed by atoms with Crippen molar-refractivity contribution in [2.45, 2.75) is 45.1 Å². The van der Waals surface area contributed by atoms with E-state index in [2.05, 4.69) is 55.5 Å². The Labute approximate surface area is 178 Å². The molecular weight excluding hydrogens is 376 g/mol. The Balaban J connectivity index is 1.50. The average Bonchev–Trinajstić information content (AvgIpc) is 3.29. The molecule has 0 saturated carbocycles. The van der Waals surface area contributed by atoms with Crippen LogP contribution in [0, 0.1) is 12.3 Å². The standard InChI is InChI=1S/C25H30N2O3/c1-18-5-9-20(10-6-18)21-11-7-19(8-12-21)16-25(24(26)29)13-3-14-27(17-25)23(28)22-4-2-15-30-22/h5-12,22H,2-4,13-17H2,1H3,(H2,26,29)/t22-,25-/m0/s1. The van der Waals surface area contributed by atoms with Crippen molar-refractivity contribution in [1.82, 2.24) is 4.90 Å². The zero-order valence-electron chi connectivity index (χ0n) is 17.6. The first-order chi connectivity index (χ1) is 14.5. The summed E-state index contributed by atoms with van der Waals surface area (Å²) >= 11 is 0. The minimum Gasteiger partial charge on any atom is -0.369 e. The van der Waals surface area contributed by atoms with Crippen molar-refractivity contribution in [3.8, 4) is 11.1 Å². The Morgan fingerprint density at radius 3 is 2.33 bits per heavy atom. The summed E-state index contributed by atoms with van der Waals surface area (Å²) in [7, 11) is 0. The number of amides is 2. The zero-order chi connectivity index (χ0) is 21.1. The van der Waals surface area contributed by atoms with Crippen LogP contribution in [0.3, 0.4) is 0 Å². The molecule has 0 aromatic heterocycles. The molecule has 2 fully saturated rings. The van der Waals surface area contributed by atoms with Crippen LogP contribution < -0.4 is 5.73 Å². The smallest absolute Gasteiger partial charge is 0.251 e. The highest BCUT2D eigenvalue weighted by Gasteiger charge is 2.43. The minimum atomic E-state index is -0.724. The van der Waals surface area contributed by atoms with Crippen LogP contribution in [-0.2, 0) is 20.7 Å². The lowest BCUT2D eigenvalue weighted by atomic mass is 9.74. The monoisotopic (exact) mass is 406 g/mol. The summed E-state index contributed by atoms with van der Waals surface area (Å²) in [6, 6.07) is 16.8. The number of ether oxygens (including phenoxy) is 1. The van der Waals surface area contributed by atoms with E-state index in [1.807, 2.05) is 0 Å². The predicted molar refractivity (Wildman–Crippen MR) is 117 cm³/mol. The Hall–Kier alpha value is -2.66. The van der Waals surface area contributed by atoms with Crippen molar-refractivity contribution in [3.63, 3.8) is 0 Å². The second kappa shape index (κ2) is 8.60. The first kappa shape index (κ1) is 20.6. The summed E-state index contributed by atoms with van der Waals surface area (Å²) < 4.78 is 5.57. The van der Waals surface area contributed by atoms with E-state index in [4.69, 9.17) is 10.5 Å². The lowest BCUT2D eigenvalue weighted by Gasteiger charge is -2.41. The van der Waals surface area contributed by atoms with Crippen LogP contribution >= 0.6 is 0 Å². The van der Waals surface area contributed by atoms with Gasteiger partial charge in [-0.1, -0.05) is 54.1 Å². The number of rotatable bonds is 5. The van der Waals surface area contributed by atoms with Crippen molar-refractivity contribution in [2.24, 2.45) is 11.1 Å². The van der Waals surface area contributed by atoms with E-state index in [0.29, 0.717) is 32.5 Å². The number of primary amides is 1. The van der Waals surface area contributed by atoms with Gasteiger partial charge in [-0.3, -0.25) is 9.59 Å². The molecule has 2 aromatic rings. The molecule has 158 valence electrons. The minimum absolute atomic E-state index is 0.00699. The molecule has 30 heavy (non-hydrogen) atoms. The van der Waals surface area contributed by atoms with Crippen molar-refractivity contribution < 1.29 is 14.3 Å². The summed E-state index contributed by atoms with van der Waals surface area (Å²) in [5, 5.41) is 0. The van der Waals surface area contributed by atoms with E-state index < -0.39 is 5.41 Å². The van der Waals surface area contributed by atoms with Gasteiger partial charge in [-0.05, 0) is 55.7 Å². The lowest BCUT2D eigenvalue weighted by molar-refractivity contribution is -0.147. The molecule has 2 amide bonds. The second-order valence-electron chi connectivity index (χ2n) is 8.75. The van der Waals surface area contributed by atoms with Gasteiger partial charge in [0.15, 0.2) is 0 Å². The number of piperidine rings is 1. The molecule has 2 aliphatic heterocycles. The van der Waals surface area contributed by atoms with Crippen LogP contribution in [0.4, 0.5) is 0 Å². The summed E-state index contributed by atoms with van der Waals surface area (Å²) in [4.78, 5) is 27.2. The molecule has 2 N–H and O–H groups in total. The van der Waals surface area contributed by atoms with Gasteiger partial charge in [0.2, 0.25) is 5.91 Å². The molecule has 0 bridgehead atoms. The predicted octanol–water partition coefficient (Wildman–Crippen LogP) is 3.48. The third-order valence-electron chi connectivity index (χ3n) is 6.50. The first-order valence-corrected chi connectivity index (χ1v) is 10.8. The Morgan fingerprint density at radius 2 is 1.73 bits per heavy atom.